The van der Waals surface area contributed by atoms with Gasteiger partial charge in [-0.2, -0.15) is 0 Å². The molecule has 0 heterocycles. The van der Waals surface area contributed by atoms with Crippen molar-refractivity contribution in [3.05, 3.63) is 0 Å². The van der Waals surface area contributed by atoms with Crippen LogP contribution in [-0.4, -0.2) is 107 Å². The minimum Gasteiger partial charge on any atom is -0.349 e. The van der Waals surface area contributed by atoms with Gasteiger partial charge < -0.3 is 25.3 Å². The number of hydrogen-bond acceptors (Lipinski definition) is 3. The highest BCUT2D eigenvalue weighted by molar-refractivity contribution is 5.85. The van der Waals surface area contributed by atoms with Gasteiger partial charge in [0.2, 0.25) is 0 Å². The number of rotatable bonds is 8. The number of nitrogens with two attached hydrogens (primary N) is 1. The van der Waals surface area contributed by atoms with E-state index in [4.69, 9.17) is 5.73 Å². The van der Waals surface area contributed by atoms with Crippen LogP contribution < -0.4 is 5.73 Å². The fraction of sp³-hybridized carbons (Fsp3) is 0.913. The minimum absolute atomic E-state index is 0. The first-order valence-corrected chi connectivity index (χ1v) is 11.2. The van der Waals surface area contributed by atoms with E-state index in [1.54, 1.807) is 0 Å². The molecule has 8 heteroatoms. The van der Waals surface area contributed by atoms with Crippen LogP contribution in [0.25, 0.3) is 0 Å². The van der Waals surface area contributed by atoms with Crippen molar-refractivity contribution in [2.24, 2.45) is 33.5 Å². The van der Waals surface area contributed by atoms with Gasteiger partial charge >= 0.3 is 0 Å². The number of guanidine groups is 2. The Kier molecular flexibility index (Phi) is 20.4. The van der Waals surface area contributed by atoms with Crippen LogP contribution in [0.4, 0.5) is 0 Å². The van der Waals surface area contributed by atoms with Gasteiger partial charge in [0.05, 0.1) is 6.54 Å². The highest BCUT2D eigenvalue weighted by Crippen LogP contribution is 2.11. The second-order valence-corrected chi connectivity index (χ2v) is 9.98. The van der Waals surface area contributed by atoms with E-state index in [0.717, 1.165) is 30.8 Å². The molecule has 0 bridgehead atoms. The average molecular weight is 464 g/mol. The molecule has 0 rings (SSSR count). The summed E-state index contributed by atoms with van der Waals surface area (Å²) in [5.74, 6) is 4.08. The van der Waals surface area contributed by atoms with Gasteiger partial charge in [0.25, 0.3) is 0 Å². The Labute approximate surface area is 200 Å². The van der Waals surface area contributed by atoms with Crippen LogP contribution in [0.1, 0.15) is 47.5 Å². The van der Waals surface area contributed by atoms with Crippen LogP contribution in [0.5, 0.6) is 0 Å². The molecule has 0 amide bonds. The summed E-state index contributed by atoms with van der Waals surface area (Å²) < 4.78 is 0. The Morgan fingerprint density at radius 3 is 1.23 bits per heavy atom. The van der Waals surface area contributed by atoms with E-state index in [9.17, 15) is 0 Å². The lowest BCUT2D eigenvalue weighted by atomic mass is 9.99. The summed E-state index contributed by atoms with van der Waals surface area (Å²) in [6, 6.07) is 0.167. The molecule has 0 aliphatic carbocycles. The molecule has 31 heavy (non-hydrogen) atoms. The molecule has 0 aromatic heterocycles. The normalized spacial score (nSPS) is 12.1. The van der Waals surface area contributed by atoms with E-state index in [0.29, 0.717) is 18.4 Å². The number of nitrogens with zero attached hydrogens (tertiary/aromatic N) is 6. The van der Waals surface area contributed by atoms with E-state index in [-0.39, 0.29) is 18.4 Å². The molecule has 0 saturated heterocycles. The Balaban J connectivity index is -0.000000490. The number of aliphatic imine (C=N–C) groups is 2. The van der Waals surface area contributed by atoms with Crippen LogP contribution in [0, 0.1) is 17.8 Å². The maximum Gasteiger partial charge on any atom is 0.195 e. The Morgan fingerprint density at radius 1 is 0.613 bits per heavy atom. The van der Waals surface area contributed by atoms with Crippen molar-refractivity contribution in [2.45, 2.75) is 53.5 Å². The van der Waals surface area contributed by atoms with E-state index in [2.05, 4.69) is 54.4 Å². The maximum atomic E-state index is 5.98. The van der Waals surface area contributed by atoms with Gasteiger partial charge in [-0.1, -0.05) is 34.6 Å². The van der Waals surface area contributed by atoms with E-state index in [1.165, 1.54) is 6.42 Å². The molecule has 0 spiro atoms. The zero-order valence-electron chi connectivity index (χ0n) is 22.8. The molecule has 0 aliphatic rings. The van der Waals surface area contributed by atoms with Crippen LogP contribution in [-0.2, 0) is 0 Å². The van der Waals surface area contributed by atoms with Crippen LogP contribution in [0.15, 0.2) is 9.98 Å². The zero-order chi connectivity index (χ0) is 24.0. The van der Waals surface area contributed by atoms with Gasteiger partial charge in [-0.3, -0.25) is 9.98 Å². The second kappa shape index (κ2) is 18.4. The van der Waals surface area contributed by atoms with Gasteiger partial charge in [0.15, 0.2) is 11.9 Å². The summed E-state index contributed by atoms with van der Waals surface area (Å²) >= 11 is 0. The molecule has 0 aromatic rings. The van der Waals surface area contributed by atoms with Crippen LogP contribution in [0.3, 0.4) is 0 Å². The standard InChI is InChI=1S/C12H27N3.C11H26N4.ClH/c1-10(2)8-11(3)9-13-12(14(4)5)15(6)7;1-9(2)7-10(12)8-13-11(14(3)4)15(5)6;/h10-11H,8-9H2,1-7H3;9-10H,7-8,12H2,1-6H3;1H/t11-;10-;/m00./s1. The lowest BCUT2D eigenvalue weighted by molar-refractivity contribution is 0.433. The molecule has 0 radical (unpaired) electrons. The van der Waals surface area contributed by atoms with Crippen molar-refractivity contribution in [1.82, 2.24) is 19.6 Å². The minimum atomic E-state index is 0. The molecule has 0 unspecified atom stereocenters. The molecule has 7 nitrogen and oxygen atoms in total. The first-order chi connectivity index (χ1) is 13.7. The third-order valence-corrected chi connectivity index (χ3v) is 4.26. The Hall–Kier alpha value is -1.21. The fourth-order valence-corrected chi connectivity index (χ4v) is 3.36. The highest BCUT2D eigenvalue weighted by atomic mass is 35.5. The number of hydrogen-bond donors (Lipinski definition) is 1. The first-order valence-electron chi connectivity index (χ1n) is 11.2. The van der Waals surface area contributed by atoms with E-state index in [1.807, 2.05) is 66.2 Å². The first kappa shape index (κ1) is 34.4. The molecule has 0 aromatic carbocycles. The summed E-state index contributed by atoms with van der Waals surface area (Å²) in [5.41, 5.74) is 5.98. The van der Waals surface area contributed by atoms with Crippen molar-refractivity contribution in [3.8, 4) is 0 Å². The van der Waals surface area contributed by atoms with E-state index < -0.39 is 0 Å². The quantitative estimate of drug-likeness (QED) is 0.441. The van der Waals surface area contributed by atoms with Gasteiger partial charge in [0, 0.05) is 69.0 Å². The molecular formula is C23H54ClN7. The van der Waals surface area contributed by atoms with E-state index >= 15 is 0 Å². The Bertz CT molecular complexity index is 422. The van der Waals surface area contributed by atoms with Crippen molar-refractivity contribution in [2.75, 3.05) is 69.5 Å². The van der Waals surface area contributed by atoms with Crippen LogP contribution >= 0.6 is 12.4 Å². The smallest absolute Gasteiger partial charge is 0.195 e. The SMILES string of the molecule is CC(C)C[C@H](C)CN=C(N(C)C)N(C)C.CC(C)C[C@H](N)CN=C(N(C)C)N(C)C.Cl. The fourth-order valence-electron chi connectivity index (χ4n) is 3.36. The summed E-state index contributed by atoms with van der Waals surface area (Å²) in [6.45, 7) is 12.8. The molecular weight excluding hydrogens is 410 g/mol. The van der Waals surface area contributed by atoms with Gasteiger partial charge in [-0.15, -0.1) is 12.4 Å². The lowest BCUT2D eigenvalue weighted by Gasteiger charge is -2.23. The Morgan fingerprint density at radius 2 is 0.935 bits per heavy atom. The van der Waals surface area contributed by atoms with Crippen LogP contribution in [0.2, 0.25) is 0 Å². The third-order valence-electron chi connectivity index (χ3n) is 4.26. The third kappa shape index (κ3) is 19.2. The predicted molar refractivity (Wildman–Crippen MR) is 143 cm³/mol. The largest absolute Gasteiger partial charge is 0.349 e. The summed E-state index contributed by atoms with van der Waals surface area (Å²) in [7, 11) is 16.1. The topological polar surface area (TPSA) is 63.7 Å². The summed E-state index contributed by atoms with van der Waals surface area (Å²) in [5, 5.41) is 0. The van der Waals surface area contributed by atoms with Crippen molar-refractivity contribution < 1.29 is 0 Å². The van der Waals surface area contributed by atoms with Crippen molar-refractivity contribution in [3.63, 3.8) is 0 Å². The van der Waals surface area contributed by atoms with Crippen molar-refractivity contribution >= 4 is 24.3 Å². The second-order valence-electron chi connectivity index (χ2n) is 9.98. The zero-order valence-corrected chi connectivity index (χ0v) is 23.6. The molecule has 0 aliphatic heterocycles. The molecule has 188 valence electrons. The monoisotopic (exact) mass is 463 g/mol. The molecule has 0 saturated carbocycles. The molecule has 0 fully saturated rings. The average Bonchev–Trinajstić information content (AvgIpc) is 2.52. The lowest BCUT2D eigenvalue weighted by Crippen LogP contribution is -2.37. The summed E-state index contributed by atoms with van der Waals surface area (Å²) in [6.07, 6.45) is 2.27. The van der Waals surface area contributed by atoms with Gasteiger partial charge in [-0.05, 0) is 30.6 Å². The van der Waals surface area contributed by atoms with Crippen molar-refractivity contribution in [1.29, 1.82) is 0 Å². The predicted octanol–water partition coefficient (Wildman–Crippen LogP) is 3.41. The highest BCUT2D eigenvalue weighted by Gasteiger charge is 2.09. The maximum absolute atomic E-state index is 5.98. The summed E-state index contributed by atoms with van der Waals surface area (Å²) in [4.78, 5) is 17.3. The molecule has 2 N–H and O–H groups in total. The molecule has 2 atom stereocenters. The number of halogens is 1. The van der Waals surface area contributed by atoms with Gasteiger partial charge in [-0.25, -0.2) is 0 Å². The van der Waals surface area contributed by atoms with Gasteiger partial charge in [0.1, 0.15) is 0 Å².